The van der Waals surface area contributed by atoms with Gasteiger partial charge in [0, 0.05) is 17.1 Å². The molecule has 0 amide bonds. The van der Waals surface area contributed by atoms with Crippen molar-refractivity contribution in [2.24, 2.45) is 0 Å². The first-order chi connectivity index (χ1) is 9.06. The van der Waals surface area contributed by atoms with Crippen LogP contribution in [0.2, 0.25) is 0 Å². The van der Waals surface area contributed by atoms with Crippen LogP contribution < -0.4 is 0 Å². The van der Waals surface area contributed by atoms with Crippen molar-refractivity contribution in [1.29, 1.82) is 0 Å². The molecule has 0 rings (SSSR count). The zero-order chi connectivity index (χ0) is 14.4. The fourth-order valence-electron chi connectivity index (χ4n) is 2.11. The van der Waals surface area contributed by atoms with Crippen LogP contribution in [0.25, 0.3) is 0 Å². The van der Waals surface area contributed by atoms with Gasteiger partial charge in [-0.3, -0.25) is 4.55 Å². The third kappa shape index (κ3) is 20.7. The zero-order valence-electron chi connectivity index (χ0n) is 12.7. The summed E-state index contributed by atoms with van der Waals surface area (Å²) in [6, 6.07) is 0. The minimum Gasteiger partial charge on any atom is -0.264 e. The Labute approximate surface area is 135 Å². The van der Waals surface area contributed by atoms with Gasteiger partial charge in [0.15, 0.2) is 0 Å². The molecule has 0 aliphatic heterocycles. The average molecular weight is 349 g/mol. The Morgan fingerprint density at radius 3 is 1.45 bits per heavy atom. The van der Waals surface area contributed by atoms with Crippen molar-refractivity contribution < 1.29 is 34.2 Å². The first-order valence-corrected chi connectivity index (χ1v) is 9.04. The van der Waals surface area contributed by atoms with Crippen molar-refractivity contribution >= 4 is 10.4 Å². The van der Waals surface area contributed by atoms with Gasteiger partial charge in [-0.1, -0.05) is 77.6 Å². The molecular formula is C14H30MnO4S. The largest absolute Gasteiger partial charge is 0.397 e. The molecule has 0 aromatic rings. The molecule has 123 valence electrons. The third-order valence-corrected chi connectivity index (χ3v) is 3.69. The van der Waals surface area contributed by atoms with E-state index in [1.807, 2.05) is 0 Å². The van der Waals surface area contributed by atoms with Gasteiger partial charge in [0.05, 0.1) is 6.61 Å². The Morgan fingerprint density at radius 2 is 1.10 bits per heavy atom. The maximum Gasteiger partial charge on any atom is 0.397 e. The summed E-state index contributed by atoms with van der Waals surface area (Å²) in [6.07, 6.45) is 14.7. The number of hydrogen-bond acceptors (Lipinski definition) is 3. The molecule has 0 aromatic heterocycles. The Kier molecular flexibility index (Phi) is 17.9. The van der Waals surface area contributed by atoms with Crippen LogP contribution in [0.4, 0.5) is 0 Å². The predicted molar refractivity (Wildman–Crippen MR) is 78.6 cm³/mol. The molecule has 0 bridgehead atoms. The van der Waals surface area contributed by atoms with Crippen LogP contribution in [-0.2, 0) is 31.7 Å². The van der Waals surface area contributed by atoms with Crippen LogP contribution in [0.15, 0.2) is 0 Å². The van der Waals surface area contributed by atoms with E-state index in [1.54, 1.807) is 0 Å². The maximum absolute atomic E-state index is 10.3. The molecule has 0 saturated heterocycles. The van der Waals surface area contributed by atoms with Gasteiger partial charge in [-0.05, 0) is 6.42 Å². The summed E-state index contributed by atoms with van der Waals surface area (Å²) < 4.78 is 33.1. The third-order valence-electron chi connectivity index (χ3n) is 3.23. The van der Waals surface area contributed by atoms with Crippen molar-refractivity contribution in [3.05, 3.63) is 0 Å². The van der Waals surface area contributed by atoms with Crippen molar-refractivity contribution in [2.75, 3.05) is 6.61 Å². The number of hydrogen-bond donors (Lipinski definition) is 1. The van der Waals surface area contributed by atoms with E-state index < -0.39 is 10.4 Å². The van der Waals surface area contributed by atoms with Crippen molar-refractivity contribution in [2.45, 2.75) is 84.0 Å². The monoisotopic (exact) mass is 349 g/mol. The fourth-order valence-corrected chi connectivity index (χ4v) is 2.44. The molecule has 0 aliphatic carbocycles. The topological polar surface area (TPSA) is 63.6 Å². The van der Waals surface area contributed by atoms with Gasteiger partial charge in [0.2, 0.25) is 0 Å². The minimum atomic E-state index is -4.24. The number of rotatable bonds is 14. The molecule has 0 atom stereocenters. The summed E-state index contributed by atoms with van der Waals surface area (Å²) in [7, 11) is -4.24. The standard InChI is InChI=1S/C14H30O4S.Mn/c1-2-3-4-5-6-7-8-9-10-11-12-13-14-18-19(15,16)17;/h2-14H2,1H3,(H,15,16,17);. The summed E-state index contributed by atoms with van der Waals surface area (Å²) in [5, 5.41) is 0. The molecule has 1 radical (unpaired) electrons. The van der Waals surface area contributed by atoms with E-state index in [0.29, 0.717) is 6.42 Å². The molecule has 0 heterocycles. The molecule has 0 aromatic carbocycles. The van der Waals surface area contributed by atoms with Gasteiger partial charge in [0.1, 0.15) is 0 Å². The van der Waals surface area contributed by atoms with Crippen LogP contribution in [0.5, 0.6) is 0 Å². The number of unbranched alkanes of at least 4 members (excludes halogenated alkanes) is 11. The maximum atomic E-state index is 10.3. The smallest absolute Gasteiger partial charge is 0.264 e. The molecule has 6 heteroatoms. The summed E-state index contributed by atoms with van der Waals surface area (Å²) >= 11 is 0. The van der Waals surface area contributed by atoms with Crippen molar-refractivity contribution in [3.63, 3.8) is 0 Å². The Hall–Kier alpha value is 0.389. The van der Waals surface area contributed by atoms with E-state index in [1.165, 1.54) is 57.8 Å². The van der Waals surface area contributed by atoms with Crippen LogP contribution in [0.3, 0.4) is 0 Å². The quantitative estimate of drug-likeness (QED) is 0.285. The average Bonchev–Trinajstić information content (AvgIpc) is 2.34. The first kappa shape index (κ1) is 22.7. The molecule has 0 spiro atoms. The SMILES string of the molecule is CCCCCCCCCCCCCCOS(=O)(=O)O.[Mn]. The normalized spacial score (nSPS) is 11.3. The van der Waals surface area contributed by atoms with Crippen LogP contribution >= 0.6 is 0 Å². The fraction of sp³-hybridized carbons (Fsp3) is 1.00. The zero-order valence-corrected chi connectivity index (χ0v) is 14.6. The second-order valence-electron chi connectivity index (χ2n) is 5.14. The molecular weight excluding hydrogens is 319 g/mol. The van der Waals surface area contributed by atoms with Gasteiger partial charge >= 0.3 is 10.4 Å². The van der Waals surface area contributed by atoms with Gasteiger partial charge in [0.25, 0.3) is 0 Å². The molecule has 0 saturated carbocycles. The van der Waals surface area contributed by atoms with Crippen molar-refractivity contribution in [3.8, 4) is 0 Å². The van der Waals surface area contributed by atoms with E-state index in [-0.39, 0.29) is 23.7 Å². The second-order valence-corrected chi connectivity index (χ2v) is 6.23. The van der Waals surface area contributed by atoms with Crippen molar-refractivity contribution in [1.82, 2.24) is 0 Å². The molecule has 1 N–H and O–H groups in total. The summed E-state index contributed by atoms with van der Waals surface area (Å²) in [6.45, 7) is 2.33. The minimum absolute atomic E-state index is 0. The van der Waals surface area contributed by atoms with Gasteiger partial charge < -0.3 is 0 Å². The predicted octanol–water partition coefficient (Wildman–Crippen LogP) is 4.50. The van der Waals surface area contributed by atoms with Crippen LogP contribution in [0, 0.1) is 0 Å². The van der Waals surface area contributed by atoms with Gasteiger partial charge in [-0.2, -0.15) is 8.42 Å². The van der Waals surface area contributed by atoms with E-state index in [0.717, 1.165) is 12.8 Å². The molecule has 4 nitrogen and oxygen atoms in total. The van der Waals surface area contributed by atoms with Crippen LogP contribution in [0.1, 0.15) is 84.0 Å². The van der Waals surface area contributed by atoms with E-state index in [2.05, 4.69) is 11.1 Å². The Bertz CT molecular complexity index is 281. The molecule has 0 fully saturated rings. The second kappa shape index (κ2) is 15.8. The summed E-state index contributed by atoms with van der Waals surface area (Å²) in [5.41, 5.74) is 0. The first-order valence-electron chi connectivity index (χ1n) is 7.68. The van der Waals surface area contributed by atoms with E-state index in [9.17, 15) is 8.42 Å². The van der Waals surface area contributed by atoms with Crippen LogP contribution in [-0.4, -0.2) is 19.6 Å². The Balaban J connectivity index is 0. The molecule has 20 heavy (non-hydrogen) atoms. The van der Waals surface area contributed by atoms with Gasteiger partial charge in [-0.25, -0.2) is 4.18 Å². The van der Waals surface area contributed by atoms with E-state index >= 15 is 0 Å². The summed E-state index contributed by atoms with van der Waals surface area (Å²) in [4.78, 5) is 0. The Morgan fingerprint density at radius 1 is 0.750 bits per heavy atom. The molecule has 0 aliphatic rings. The van der Waals surface area contributed by atoms with E-state index in [4.69, 9.17) is 4.55 Å². The van der Waals surface area contributed by atoms with Gasteiger partial charge in [-0.15, -0.1) is 0 Å². The molecule has 0 unspecified atom stereocenters. The summed E-state index contributed by atoms with van der Waals surface area (Å²) in [5.74, 6) is 0.